The lowest BCUT2D eigenvalue weighted by Gasteiger charge is -2.08. The average Bonchev–Trinajstić information content (AvgIpc) is 3.22. The number of aromatic nitrogens is 4. The normalized spacial score (nSPS) is 10.8. The molecule has 0 aliphatic heterocycles. The Kier molecular flexibility index (Phi) is 5.49. The third-order valence-electron chi connectivity index (χ3n) is 3.92. The Hall–Kier alpha value is -2.51. The second-order valence-electron chi connectivity index (χ2n) is 5.63. The molecule has 0 fully saturated rings. The first-order valence-electron chi connectivity index (χ1n) is 7.81. The summed E-state index contributed by atoms with van der Waals surface area (Å²) >= 11 is 12.0. The zero-order valence-corrected chi connectivity index (χ0v) is 15.8. The maximum Gasteiger partial charge on any atom is 0.272 e. The molecule has 1 N–H and O–H groups in total. The van der Waals surface area contributed by atoms with Crippen LogP contribution >= 0.6 is 23.2 Å². The number of hydrogen-bond donors (Lipinski definition) is 1. The van der Waals surface area contributed by atoms with Crippen LogP contribution in [-0.2, 0) is 20.3 Å². The van der Waals surface area contributed by atoms with Gasteiger partial charge in [-0.15, -0.1) is 0 Å². The fraction of sp³-hybridized carbons (Fsp3) is 0.235. The molecule has 3 aromatic rings. The molecule has 0 bridgehead atoms. The largest absolute Gasteiger partial charge is 0.470 e. The molecule has 0 spiro atoms. The number of aryl methyl sites for hydroxylation is 1. The molecule has 2 heterocycles. The van der Waals surface area contributed by atoms with Gasteiger partial charge in [0.25, 0.3) is 5.91 Å². The Morgan fingerprint density at radius 1 is 1.31 bits per heavy atom. The number of ether oxygens (including phenoxy) is 1. The summed E-state index contributed by atoms with van der Waals surface area (Å²) in [5.74, 6) is 0.181. The molecule has 26 heavy (non-hydrogen) atoms. The van der Waals surface area contributed by atoms with Gasteiger partial charge in [0.2, 0.25) is 0 Å². The first kappa shape index (κ1) is 18.3. The van der Waals surface area contributed by atoms with Crippen molar-refractivity contribution in [1.29, 1.82) is 0 Å². The molecule has 136 valence electrons. The molecular formula is C17H17Cl2N5O2. The van der Waals surface area contributed by atoms with Gasteiger partial charge < -0.3 is 10.1 Å². The number of amides is 1. The Bertz CT molecular complexity index is 935. The third kappa shape index (κ3) is 4.00. The molecule has 0 radical (unpaired) electrons. The summed E-state index contributed by atoms with van der Waals surface area (Å²) in [4.78, 5) is 12.2. The van der Waals surface area contributed by atoms with Gasteiger partial charge in [-0.3, -0.25) is 9.48 Å². The van der Waals surface area contributed by atoms with Gasteiger partial charge in [0.05, 0.1) is 11.2 Å². The summed E-state index contributed by atoms with van der Waals surface area (Å²) in [6, 6.07) is 6.75. The number of carbonyl (C=O) groups excluding carboxylic acids is 1. The van der Waals surface area contributed by atoms with Crippen LogP contribution in [0.15, 0.2) is 36.7 Å². The predicted octanol–water partition coefficient (Wildman–Crippen LogP) is 3.20. The van der Waals surface area contributed by atoms with Crippen LogP contribution in [0.5, 0.6) is 5.75 Å². The van der Waals surface area contributed by atoms with Crippen LogP contribution in [0.25, 0.3) is 0 Å². The molecule has 0 aliphatic carbocycles. The van der Waals surface area contributed by atoms with E-state index in [1.165, 1.54) is 4.68 Å². The van der Waals surface area contributed by atoms with E-state index < -0.39 is 0 Å². The summed E-state index contributed by atoms with van der Waals surface area (Å²) < 4.78 is 8.85. The molecule has 0 aliphatic rings. The van der Waals surface area contributed by atoms with Gasteiger partial charge in [-0.2, -0.15) is 10.2 Å². The van der Waals surface area contributed by atoms with Gasteiger partial charge in [-0.1, -0.05) is 29.3 Å². The molecule has 0 saturated heterocycles. The van der Waals surface area contributed by atoms with E-state index in [2.05, 4.69) is 15.5 Å². The lowest BCUT2D eigenvalue weighted by Crippen LogP contribution is -2.24. The van der Waals surface area contributed by atoms with Crippen molar-refractivity contribution in [2.24, 2.45) is 7.05 Å². The lowest BCUT2D eigenvalue weighted by molar-refractivity contribution is 0.0944. The summed E-state index contributed by atoms with van der Waals surface area (Å²) in [6.07, 6.45) is 3.39. The van der Waals surface area contributed by atoms with Gasteiger partial charge in [0, 0.05) is 31.0 Å². The van der Waals surface area contributed by atoms with E-state index >= 15 is 0 Å². The number of nitrogens with one attached hydrogen (secondary N) is 1. The van der Waals surface area contributed by atoms with E-state index in [0.29, 0.717) is 28.0 Å². The predicted molar refractivity (Wildman–Crippen MR) is 98.4 cm³/mol. The van der Waals surface area contributed by atoms with Crippen molar-refractivity contribution < 1.29 is 9.53 Å². The fourth-order valence-electron chi connectivity index (χ4n) is 2.27. The number of hydrogen-bond acceptors (Lipinski definition) is 4. The Morgan fingerprint density at radius 3 is 2.85 bits per heavy atom. The van der Waals surface area contributed by atoms with E-state index in [1.54, 1.807) is 41.3 Å². The van der Waals surface area contributed by atoms with Gasteiger partial charge in [-0.25, -0.2) is 4.68 Å². The standard InChI is InChI=1S/C17H17Cl2N5O2/c1-11-12(9-21-23(11)2)8-20-17(25)14-6-7-24(22-14)10-26-15-5-3-4-13(18)16(15)19/h3-7,9H,8,10H2,1-2H3,(H,20,25). The molecule has 0 saturated carbocycles. The van der Waals surface area contributed by atoms with Crippen LogP contribution in [0, 0.1) is 6.92 Å². The smallest absolute Gasteiger partial charge is 0.272 e. The molecule has 9 heteroatoms. The maximum atomic E-state index is 12.2. The van der Waals surface area contributed by atoms with E-state index in [1.807, 2.05) is 14.0 Å². The van der Waals surface area contributed by atoms with Crippen LogP contribution in [0.1, 0.15) is 21.7 Å². The number of nitrogens with zero attached hydrogens (tertiary/aromatic N) is 4. The van der Waals surface area contributed by atoms with E-state index in [0.717, 1.165) is 11.3 Å². The summed E-state index contributed by atoms with van der Waals surface area (Å²) in [6.45, 7) is 2.44. The van der Waals surface area contributed by atoms with Gasteiger partial charge in [0.15, 0.2) is 6.73 Å². The molecule has 0 unspecified atom stereocenters. The van der Waals surface area contributed by atoms with Crippen molar-refractivity contribution in [2.45, 2.75) is 20.2 Å². The highest BCUT2D eigenvalue weighted by atomic mass is 35.5. The maximum absolute atomic E-state index is 12.2. The topological polar surface area (TPSA) is 74.0 Å². The molecule has 1 amide bonds. The van der Waals surface area contributed by atoms with Crippen molar-refractivity contribution >= 4 is 29.1 Å². The van der Waals surface area contributed by atoms with Crippen molar-refractivity contribution in [3.05, 3.63) is 63.7 Å². The van der Waals surface area contributed by atoms with Crippen LogP contribution < -0.4 is 10.1 Å². The fourth-order valence-corrected chi connectivity index (χ4v) is 2.62. The third-order valence-corrected chi connectivity index (χ3v) is 4.72. The number of benzene rings is 1. The minimum Gasteiger partial charge on any atom is -0.470 e. The van der Waals surface area contributed by atoms with Crippen LogP contribution in [0.2, 0.25) is 10.0 Å². The summed E-state index contributed by atoms with van der Waals surface area (Å²) in [5, 5.41) is 11.9. The number of carbonyl (C=O) groups is 1. The van der Waals surface area contributed by atoms with E-state index in [4.69, 9.17) is 27.9 Å². The average molecular weight is 394 g/mol. The highest BCUT2D eigenvalue weighted by molar-refractivity contribution is 6.42. The Morgan fingerprint density at radius 2 is 2.12 bits per heavy atom. The van der Waals surface area contributed by atoms with Crippen molar-refractivity contribution in [3.8, 4) is 5.75 Å². The zero-order chi connectivity index (χ0) is 18.7. The highest BCUT2D eigenvalue weighted by Gasteiger charge is 2.12. The molecule has 3 rings (SSSR count). The molecule has 1 aromatic carbocycles. The summed E-state index contributed by atoms with van der Waals surface area (Å²) in [7, 11) is 1.86. The van der Waals surface area contributed by atoms with Crippen molar-refractivity contribution in [2.75, 3.05) is 0 Å². The lowest BCUT2D eigenvalue weighted by atomic mass is 10.2. The van der Waals surface area contributed by atoms with Gasteiger partial charge in [0.1, 0.15) is 16.5 Å². The molecule has 0 atom stereocenters. The summed E-state index contributed by atoms with van der Waals surface area (Å²) in [5.41, 5.74) is 2.26. The number of rotatable bonds is 6. The SMILES string of the molecule is Cc1c(CNC(=O)c2ccn(COc3cccc(Cl)c3Cl)n2)cnn1C. The molecule has 2 aromatic heterocycles. The van der Waals surface area contributed by atoms with Crippen LogP contribution in [0.4, 0.5) is 0 Å². The highest BCUT2D eigenvalue weighted by Crippen LogP contribution is 2.31. The number of halogens is 2. The zero-order valence-electron chi connectivity index (χ0n) is 14.2. The first-order valence-corrected chi connectivity index (χ1v) is 8.57. The Labute approximate surface area is 160 Å². The second kappa shape index (κ2) is 7.80. The molecular weight excluding hydrogens is 377 g/mol. The minimum absolute atomic E-state index is 0.106. The van der Waals surface area contributed by atoms with Gasteiger partial charge >= 0.3 is 0 Å². The van der Waals surface area contributed by atoms with Crippen LogP contribution in [0.3, 0.4) is 0 Å². The van der Waals surface area contributed by atoms with E-state index in [-0.39, 0.29) is 12.6 Å². The van der Waals surface area contributed by atoms with Gasteiger partial charge in [-0.05, 0) is 25.1 Å². The van der Waals surface area contributed by atoms with E-state index in [9.17, 15) is 4.79 Å². The van der Waals surface area contributed by atoms with Crippen molar-refractivity contribution in [3.63, 3.8) is 0 Å². The van der Waals surface area contributed by atoms with Crippen molar-refractivity contribution in [1.82, 2.24) is 24.9 Å². The quantitative estimate of drug-likeness (QED) is 0.697. The minimum atomic E-state index is -0.271. The monoisotopic (exact) mass is 393 g/mol. The Balaban J connectivity index is 1.57. The molecule has 7 nitrogen and oxygen atoms in total. The van der Waals surface area contributed by atoms with Crippen LogP contribution in [-0.4, -0.2) is 25.5 Å². The first-order chi connectivity index (χ1) is 12.5. The second-order valence-corrected chi connectivity index (χ2v) is 6.41.